The first-order valence-corrected chi connectivity index (χ1v) is 31.6. The monoisotopic (exact) mass is 1250 g/mol. The summed E-state index contributed by atoms with van der Waals surface area (Å²) in [5.74, 6) is 0.00692. The highest BCUT2D eigenvalue weighted by Gasteiger charge is 2.48. The van der Waals surface area contributed by atoms with Crippen LogP contribution in [0.5, 0.6) is 46.0 Å². The van der Waals surface area contributed by atoms with Crippen LogP contribution in [0.3, 0.4) is 0 Å². The van der Waals surface area contributed by atoms with Gasteiger partial charge in [0.2, 0.25) is 0 Å². The number of ether oxygens (including phenoxy) is 16. The van der Waals surface area contributed by atoms with E-state index in [-0.39, 0.29) is 52.9 Å². The van der Waals surface area contributed by atoms with E-state index in [1.54, 1.807) is 0 Å². The Morgan fingerprint density at radius 3 is 0.891 bits per heavy atom. The van der Waals surface area contributed by atoms with Gasteiger partial charge in [-0.1, -0.05) is 24.3 Å². The van der Waals surface area contributed by atoms with Crippen LogP contribution in [-0.2, 0) is 37.9 Å². The lowest BCUT2D eigenvalue weighted by atomic mass is 9.96. The Labute approximate surface area is 530 Å². The van der Waals surface area contributed by atoms with Crippen LogP contribution >= 0.6 is 0 Å². The van der Waals surface area contributed by atoms with Crippen LogP contribution < -0.4 is 48.6 Å². The van der Waals surface area contributed by atoms with E-state index < -0.39 is 72.0 Å². The maximum atomic E-state index is 7.13. The normalized spacial score (nSPS) is 28.3. The molecule has 474 valence electrons. The molecule has 12 heterocycles. The molecule has 92 heavy (non-hydrogen) atoms. The number of H-pyrrole nitrogens is 2. The van der Waals surface area contributed by atoms with E-state index in [0.717, 1.165) is 0 Å². The first-order valence-electron chi connectivity index (χ1n) is 31.6. The lowest BCUT2D eigenvalue weighted by molar-refractivity contribution is -0.150. The summed E-state index contributed by atoms with van der Waals surface area (Å²) < 4.78 is 111. The molecule has 32 bridgehead atoms. The average Bonchev–Trinajstić information content (AvgIpc) is 1.53. The quantitative estimate of drug-likeness (QED) is 0.146. The van der Waals surface area contributed by atoms with Crippen LogP contribution in [0.25, 0.3) is 22.3 Å². The molecule has 0 amide bonds. The largest absolute Gasteiger partial charge is 0.490 e. The van der Waals surface area contributed by atoms with Crippen molar-refractivity contribution in [3.8, 4) is 46.0 Å². The van der Waals surface area contributed by atoms with Crippen LogP contribution in [-0.4, -0.2) is 146 Å². The number of aromatic nitrogens is 2. The van der Waals surface area contributed by atoms with Gasteiger partial charge in [-0.15, -0.1) is 0 Å². The molecule has 20 nitrogen and oxygen atoms in total. The highest BCUT2D eigenvalue weighted by atomic mass is 16.8. The van der Waals surface area contributed by atoms with Crippen molar-refractivity contribution in [1.29, 1.82) is 0 Å². The number of allylic oxidation sites excluding steroid dienone is 5. The second kappa shape index (κ2) is 21.6. The molecule has 6 aromatic rings. The van der Waals surface area contributed by atoms with Gasteiger partial charge in [0, 0.05) is 44.4 Å². The summed E-state index contributed by atoms with van der Waals surface area (Å²) in [6, 6.07) is 31.5. The number of hydrogen-bond donors (Lipinski definition) is 2. The summed E-state index contributed by atoms with van der Waals surface area (Å²) in [4.78, 5) is 19.4. The van der Waals surface area contributed by atoms with E-state index in [9.17, 15) is 0 Å². The average molecular weight is 1250 g/mol. The van der Waals surface area contributed by atoms with E-state index in [1.165, 1.54) is 0 Å². The topological polar surface area (TPSA) is 204 Å². The number of aliphatic imine (C=N–C) groups is 2. The fourth-order valence-corrected chi connectivity index (χ4v) is 14.4. The van der Waals surface area contributed by atoms with Crippen LogP contribution in [0, 0.1) is 0 Å². The molecule has 8 unspecified atom stereocenters. The molecule has 2 aromatic heterocycles. The van der Waals surface area contributed by atoms with Crippen molar-refractivity contribution >= 4 is 33.7 Å². The Hall–Kier alpha value is -8.44. The molecule has 1 aliphatic carbocycles. The van der Waals surface area contributed by atoms with Gasteiger partial charge in [0.25, 0.3) is 0 Å². The molecule has 0 radical (unpaired) electrons. The Morgan fingerprint density at radius 1 is 0.293 bits per heavy atom. The smallest absolute Gasteiger partial charge is 0.164 e. The number of nitrogens with one attached hydrogen (secondary N) is 2. The third kappa shape index (κ3) is 10.2. The summed E-state index contributed by atoms with van der Waals surface area (Å²) in [7, 11) is 0. The van der Waals surface area contributed by atoms with Crippen molar-refractivity contribution in [2.45, 2.75) is 127 Å². The van der Waals surface area contributed by atoms with Crippen LogP contribution in [0.2, 0.25) is 0 Å². The Kier molecular flexibility index (Phi) is 13.5. The molecule has 4 aromatic carbocycles. The number of rotatable bonds is 0. The Bertz CT molecular complexity index is 4330. The van der Waals surface area contributed by atoms with Crippen LogP contribution in [0.4, 0.5) is 0 Å². The fourth-order valence-electron chi connectivity index (χ4n) is 14.4. The van der Waals surface area contributed by atoms with Gasteiger partial charge in [0.05, 0.1) is 45.1 Å². The standard InChI is InChI=1S/C72H70N4O16/c1-69(2)85-53-29-77-45-13-9-15-47-65(45)61-37-21-22-38(73-37)62-40-24-26-42(75-40)64-44-28-27-43(76-44)63(41-25-23-39(61)74-41)67-49(81-33-57-55(31-79-47)87-70(3,4)89-57)17-11-19-51(67)83-35-59-60(92-72(7,8)91-59)36-84-52-20-12-18-50(68(52)64)82-34-58-56(88-71(5,6)90-58)32-80-48-16-10-14-46(66(48)62)78-30-54(53)86-69/h9-28,53-60,73-74H,29-36H2,1-8H3. The first kappa shape index (κ1) is 57.5. The van der Waals surface area contributed by atoms with Gasteiger partial charge >= 0.3 is 0 Å². The molecule has 2 N–H and O–H groups in total. The van der Waals surface area contributed by atoms with E-state index in [0.29, 0.717) is 135 Å². The summed E-state index contributed by atoms with van der Waals surface area (Å²) >= 11 is 0. The van der Waals surface area contributed by atoms with Crippen LogP contribution in [0.15, 0.2) is 143 Å². The van der Waals surface area contributed by atoms with Crippen LogP contribution in [0.1, 0.15) is 89.0 Å². The molecule has 20 heteroatoms. The summed E-state index contributed by atoms with van der Waals surface area (Å²) in [5.41, 5.74) is 8.70. The fraction of sp³-hybridized carbons (Fsp3) is 0.389. The highest BCUT2D eigenvalue weighted by Crippen LogP contribution is 2.49. The maximum Gasteiger partial charge on any atom is 0.164 e. The molecule has 3 saturated heterocycles. The molecule has 0 spiro atoms. The van der Waals surface area contributed by atoms with Crippen molar-refractivity contribution in [3.05, 3.63) is 177 Å². The second-order valence-corrected chi connectivity index (χ2v) is 26.4. The second-order valence-electron chi connectivity index (χ2n) is 26.4. The third-order valence-corrected chi connectivity index (χ3v) is 18.1. The van der Waals surface area contributed by atoms with Gasteiger partial charge in [-0.2, -0.15) is 0 Å². The molecule has 11 aliphatic rings. The summed E-state index contributed by atoms with van der Waals surface area (Å²) in [6.45, 7) is 15.7. The number of fused-ring (bicyclic) bond motifs is 14. The predicted molar refractivity (Wildman–Crippen MR) is 336 cm³/mol. The van der Waals surface area contributed by atoms with Crippen molar-refractivity contribution in [2.75, 3.05) is 52.9 Å². The molecule has 10 aliphatic heterocycles. The van der Waals surface area contributed by atoms with Crippen molar-refractivity contribution < 1.29 is 75.8 Å². The third-order valence-electron chi connectivity index (χ3n) is 18.1. The van der Waals surface area contributed by atoms with Gasteiger partial charge < -0.3 is 85.8 Å². The summed E-state index contributed by atoms with van der Waals surface area (Å²) in [5, 5.41) is 1.36. The molecule has 8 atom stereocenters. The van der Waals surface area contributed by atoms with Gasteiger partial charge in [-0.3, -0.25) is 0 Å². The lowest BCUT2D eigenvalue weighted by Crippen LogP contribution is -2.35. The number of benzene rings is 4. The SMILES string of the molecule is CC1(C)OC2COc3cccc4c3C3=C5C=CC(=N5)C5=c6ccc([nH]6)=C6c7ccc([nH]7)C(=C7C=CC3=N7)c3c(cccc3OCC3OC(C)(C)OC3COc3cccc(c36)OCC3OC(C)(C)OC3COc3cccc(c35)OCC3OC(C)(C)OC3CO4)OCC2O1. The minimum Gasteiger partial charge on any atom is -0.490 e. The zero-order chi connectivity index (χ0) is 62.4. The number of hydrogen-bond acceptors (Lipinski definition) is 18. The zero-order valence-corrected chi connectivity index (χ0v) is 52.2. The van der Waals surface area contributed by atoms with Crippen molar-refractivity contribution in [2.24, 2.45) is 9.98 Å². The Balaban J connectivity index is 1.03. The first-order chi connectivity index (χ1) is 44.4. The van der Waals surface area contributed by atoms with Gasteiger partial charge in [-0.05, 0) is 152 Å². The minimum atomic E-state index is -0.996. The van der Waals surface area contributed by atoms with Gasteiger partial charge in [-0.25, -0.2) is 9.98 Å². The van der Waals surface area contributed by atoms with E-state index in [4.69, 9.17) is 85.8 Å². The highest BCUT2D eigenvalue weighted by molar-refractivity contribution is 6.36. The predicted octanol–water partition coefficient (Wildman–Crippen LogP) is 9.16. The van der Waals surface area contributed by atoms with E-state index in [1.807, 2.05) is 152 Å². The zero-order valence-electron chi connectivity index (χ0n) is 52.2. The molecular weight excluding hydrogens is 1180 g/mol. The van der Waals surface area contributed by atoms with Crippen molar-refractivity contribution in [1.82, 2.24) is 9.97 Å². The number of aromatic amines is 2. The maximum absolute atomic E-state index is 7.13. The minimum absolute atomic E-state index is 0.0642. The molecule has 0 saturated carbocycles. The molecule has 17 rings (SSSR count). The van der Waals surface area contributed by atoms with E-state index in [2.05, 4.69) is 34.2 Å². The van der Waals surface area contributed by atoms with Crippen molar-refractivity contribution in [3.63, 3.8) is 0 Å². The molecular formula is C72H70N4O16. The van der Waals surface area contributed by atoms with E-state index >= 15 is 0 Å². The summed E-state index contributed by atoms with van der Waals surface area (Å²) in [6.07, 6.45) is 3.20. The number of nitrogens with zero attached hydrogens (tertiary/aromatic N) is 2. The lowest BCUT2D eigenvalue weighted by Gasteiger charge is -2.24. The Morgan fingerprint density at radius 2 is 0.554 bits per heavy atom. The van der Waals surface area contributed by atoms with Gasteiger partial charge in [0.1, 0.15) is 148 Å². The van der Waals surface area contributed by atoms with Gasteiger partial charge in [0.15, 0.2) is 23.1 Å². The molecule has 3 fully saturated rings.